The number of carboxylic acid groups (broad SMARTS) is 1. The number of carbonyl (C=O) groups excluding carboxylic acids is 1. The third kappa shape index (κ3) is 5.09. The van der Waals surface area contributed by atoms with Crippen LogP contribution in [0, 0.1) is 0 Å². The standard InChI is InChI=1S/C17H11ClF3NO3/c18-12-6-7-13(16(24)25)14(9-12)22-15(23)8-3-10-1-4-11(5-2-10)17(19,20)21/h1-9H,(H,22,23)(H,24,25)/b8-3+. The van der Waals surface area contributed by atoms with Gasteiger partial charge in [-0.25, -0.2) is 4.79 Å². The van der Waals surface area contributed by atoms with Crippen LogP contribution in [0.1, 0.15) is 21.5 Å². The molecular weight excluding hydrogens is 359 g/mol. The largest absolute Gasteiger partial charge is 0.478 e. The van der Waals surface area contributed by atoms with Crippen LogP contribution < -0.4 is 5.32 Å². The SMILES string of the molecule is O=C(/C=C/c1ccc(C(F)(F)F)cc1)Nc1cc(Cl)ccc1C(=O)O. The van der Waals surface area contributed by atoms with Gasteiger partial charge < -0.3 is 10.4 Å². The summed E-state index contributed by atoms with van der Waals surface area (Å²) in [5, 5.41) is 11.7. The minimum Gasteiger partial charge on any atom is -0.478 e. The maximum atomic E-state index is 12.5. The Hall–Kier alpha value is -2.80. The number of carbonyl (C=O) groups is 2. The van der Waals surface area contributed by atoms with E-state index < -0.39 is 23.6 Å². The van der Waals surface area contributed by atoms with Crippen molar-refractivity contribution in [3.63, 3.8) is 0 Å². The highest BCUT2D eigenvalue weighted by molar-refractivity contribution is 6.31. The Kier molecular flexibility index (Phi) is 5.48. The second-order valence-electron chi connectivity index (χ2n) is 4.94. The molecule has 0 fully saturated rings. The molecule has 25 heavy (non-hydrogen) atoms. The molecule has 2 N–H and O–H groups in total. The number of hydrogen-bond acceptors (Lipinski definition) is 2. The van der Waals surface area contributed by atoms with Crippen LogP contribution in [-0.4, -0.2) is 17.0 Å². The second kappa shape index (κ2) is 7.40. The fourth-order valence-electron chi connectivity index (χ4n) is 1.94. The third-order valence-electron chi connectivity index (χ3n) is 3.14. The van der Waals surface area contributed by atoms with E-state index in [1.54, 1.807) is 0 Å². The molecule has 0 aliphatic carbocycles. The maximum Gasteiger partial charge on any atom is 0.416 e. The molecule has 2 aromatic carbocycles. The summed E-state index contributed by atoms with van der Waals surface area (Å²) in [4.78, 5) is 23.0. The van der Waals surface area contributed by atoms with E-state index in [9.17, 15) is 22.8 Å². The zero-order valence-electron chi connectivity index (χ0n) is 12.5. The number of hydrogen-bond donors (Lipinski definition) is 2. The van der Waals surface area contributed by atoms with E-state index in [1.165, 1.54) is 36.4 Å². The number of carboxylic acids is 1. The normalized spacial score (nSPS) is 11.5. The zero-order valence-corrected chi connectivity index (χ0v) is 13.2. The van der Waals surface area contributed by atoms with Crippen LogP contribution in [0.25, 0.3) is 6.08 Å². The number of anilines is 1. The first-order chi connectivity index (χ1) is 11.7. The van der Waals surface area contributed by atoms with Crippen LogP contribution in [0.3, 0.4) is 0 Å². The lowest BCUT2D eigenvalue weighted by Crippen LogP contribution is -2.12. The van der Waals surface area contributed by atoms with Gasteiger partial charge in [-0.1, -0.05) is 23.7 Å². The van der Waals surface area contributed by atoms with Crippen molar-refractivity contribution in [2.24, 2.45) is 0 Å². The lowest BCUT2D eigenvalue weighted by Gasteiger charge is -2.07. The lowest BCUT2D eigenvalue weighted by molar-refractivity contribution is -0.137. The van der Waals surface area contributed by atoms with E-state index in [4.69, 9.17) is 16.7 Å². The molecule has 0 saturated carbocycles. The van der Waals surface area contributed by atoms with Crippen molar-refractivity contribution in [1.82, 2.24) is 0 Å². The molecule has 130 valence electrons. The van der Waals surface area contributed by atoms with Gasteiger partial charge in [-0.3, -0.25) is 4.79 Å². The van der Waals surface area contributed by atoms with Gasteiger partial charge in [-0.15, -0.1) is 0 Å². The molecule has 0 spiro atoms. The molecule has 0 saturated heterocycles. The predicted octanol–water partition coefficient (Wildman–Crippen LogP) is 4.71. The predicted molar refractivity (Wildman–Crippen MR) is 87.5 cm³/mol. The zero-order chi connectivity index (χ0) is 18.6. The molecule has 0 heterocycles. The Balaban J connectivity index is 2.11. The first-order valence-corrected chi connectivity index (χ1v) is 7.24. The van der Waals surface area contributed by atoms with Gasteiger partial charge in [0.25, 0.3) is 0 Å². The first-order valence-electron chi connectivity index (χ1n) is 6.86. The van der Waals surface area contributed by atoms with E-state index in [-0.39, 0.29) is 16.3 Å². The fourth-order valence-corrected chi connectivity index (χ4v) is 2.11. The Morgan fingerprint density at radius 2 is 1.72 bits per heavy atom. The Labute approximate surface area is 145 Å². The van der Waals surface area contributed by atoms with Crippen molar-refractivity contribution in [1.29, 1.82) is 0 Å². The molecule has 8 heteroatoms. The highest BCUT2D eigenvalue weighted by Gasteiger charge is 2.29. The molecule has 0 unspecified atom stereocenters. The minimum atomic E-state index is -4.43. The number of rotatable bonds is 4. The van der Waals surface area contributed by atoms with Crippen LogP contribution in [0.15, 0.2) is 48.5 Å². The van der Waals surface area contributed by atoms with Crippen molar-refractivity contribution in [2.45, 2.75) is 6.18 Å². The van der Waals surface area contributed by atoms with Gasteiger partial charge in [-0.05, 0) is 42.0 Å². The average molecular weight is 370 g/mol. The lowest BCUT2D eigenvalue weighted by atomic mass is 10.1. The van der Waals surface area contributed by atoms with Gasteiger partial charge in [-0.2, -0.15) is 13.2 Å². The summed E-state index contributed by atoms with van der Waals surface area (Å²) in [6.45, 7) is 0. The number of aromatic carboxylic acids is 1. The number of halogens is 4. The number of amides is 1. The highest BCUT2D eigenvalue weighted by atomic mass is 35.5. The van der Waals surface area contributed by atoms with Gasteiger partial charge in [0.05, 0.1) is 16.8 Å². The number of benzene rings is 2. The molecule has 1 amide bonds. The van der Waals surface area contributed by atoms with Crippen molar-refractivity contribution >= 4 is 35.2 Å². The van der Waals surface area contributed by atoms with Crippen molar-refractivity contribution < 1.29 is 27.9 Å². The molecule has 0 aromatic heterocycles. The van der Waals surface area contributed by atoms with Gasteiger partial charge in [0.15, 0.2) is 0 Å². The number of nitrogens with one attached hydrogen (secondary N) is 1. The Morgan fingerprint density at radius 3 is 2.28 bits per heavy atom. The quantitative estimate of drug-likeness (QED) is 0.767. The van der Waals surface area contributed by atoms with Crippen LogP contribution >= 0.6 is 11.6 Å². The average Bonchev–Trinajstić information content (AvgIpc) is 2.52. The summed E-state index contributed by atoms with van der Waals surface area (Å²) < 4.78 is 37.4. The third-order valence-corrected chi connectivity index (χ3v) is 3.37. The van der Waals surface area contributed by atoms with Gasteiger partial charge in [0.1, 0.15) is 0 Å². The molecule has 0 aliphatic heterocycles. The second-order valence-corrected chi connectivity index (χ2v) is 5.37. The summed E-state index contributed by atoms with van der Waals surface area (Å²) in [5.41, 5.74) is -0.533. The Bertz CT molecular complexity index is 830. The smallest absolute Gasteiger partial charge is 0.416 e. The van der Waals surface area contributed by atoms with Crippen LogP contribution in [0.2, 0.25) is 5.02 Å². The molecule has 2 aromatic rings. The minimum absolute atomic E-state index is 0.0158. The summed E-state index contributed by atoms with van der Waals surface area (Å²) in [6, 6.07) is 8.14. The monoisotopic (exact) mass is 369 g/mol. The van der Waals surface area contributed by atoms with E-state index in [0.717, 1.165) is 18.2 Å². The summed E-state index contributed by atoms with van der Waals surface area (Å²) in [7, 11) is 0. The maximum absolute atomic E-state index is 12.5. The van der Waals surface area contributed by atoms with E-state index in [1.807, 2.05) is 0 Å². The van der Waals surface area contributed by atoms with E-state index in [0.29, 0.717) is 5.56 Å². The van der Waals surface area contributed by atoms with Crippen LogP contribution in [0.5, 0.6) is 0 Å². The summed E-state index contributed by atoms with van der Waals surface area (Å²) >= 11 is 5.78. The van der Waals surface area contributed by atoms with Gasteiger partial charge in [0, 0.05) is 11.1 Å². The molecule has 4 nitrogen and oxygen atoms in total. The van der Waals surface area contributed by atoms with Crippen LogP contribution in [-0.2, 0) is 11.0 Å². The van der Waals surface area contributed by atoms with Crippen molar-refractivity contribution in [3.8, 4) is 0 Å². The highest BCUT2D eigenvalue weighted by Crippen LogP contribution is 2.29. The molecular formula is C17H11ClF3NO3. The first kappa shape index (κ1) is 18.5. The van der Waals surface area contributed by atoms with Gasteiger partial charge in [0.2, 0.25) is 5.91 Å². The summed E-state index contributed by atoms with van der Waals surface area (Å²) in [5.74, 6) is -1.89. The van der Waals surface area contributed by atoms with E-state index in [2.05, 4.69) is 5.32 Å². The van der Waals surface area contributed by atoms with Crippen molar-refractivity contribution in [2.75, 3.05) is 5.32 Å². The Morgan fingerprint density at radius 1 is 1.08 bits per heavy atom. The molecule has 0 bridgehead atoms. The van der Waals surface area contributed by atoms with Crippen molar-refractivity contribution in [3.05, 3.63) is 70.3 Å². The number of alkyl halides is 3. The van der Waals surface area contributed by atoms with Crippen LogP contribution in [0.4, 0.5) is 18.9 Å². The molecule has 0 aliphatic rings. The van der Waals surface area contributed by atoms with Gasteiger partial charge >= 0.3 is 12.1 Å². The molecule has 0 atom stereocenters. The topological polar surface area (TPSA) is 66.4 Å². The molecule has 2 rings (SSSR count). The molecule has 0 radical (unpaired) electrons. The summed E-state index contributed by atoms with van der Waals surface area (Å²) in [6.07, 6.45) is -2.05. The van der Waals surface area contributed by atoms with E-state index >= 15 is 0 Å². The fraction of sp³-hybridized carbons (Fsp3) is 0.0588.